The molecule has 24 heavy (non-hydrogen) atoms. The molecule has 0 radical (unpaired) electrons. The molecule has 4 nitrogen and oxygen atoms in total. The molecule has 0 aliphatic heterocycles. The summed E-state index contributed by atoms with van der Waals surface area (Å²) >= 11 is 5.82. The molecule has 5 heteroatoms. The molecule has 0 aliphatic carbocycles. The second kappa shape index (κ2) is 8.50. The summed E-state index contributed by atoms with van der Waals surface area (Å²) in [7, 11) is 0. The Morgan fingerprint density at radius 1 is 1.17 bits per heavy atom. The molecule has 0 saturated heterocycles. The van der Waals surface area contributed by atoms with E-state index in [1.54, 1.807) is 18.2 Å². The van der Waals surface area contributed by atoms with Crippen molar-refractivity contribution in [2.24, 2.45) is 0 Å². The normalized spacial score (nSPS) is 11.6. The Morgan fingerprint density at radius 2 is 1.88 bits per heavy atom. The number of rotatable bonds is 6. The molecule has 0 saturated carbocycles. The van der Waals surface area contributed by atoms with E-state index < -0.39 is 5.97 Å². The summed E-state index contributed by atoms with van der Waals surface area (Å²) in [5.41, 5.74) is 2.56. The number of halogens is 1. The maximum Gasteiger partial charge on any atom is 0.338 e. The van der Waals surface area contributed by atoms with Crippen LogP contribution < -0.4 is 5.32 Å². The minimum Gasteiger partial charge on any atom is -0.452 e. The van der Waals surface area contributed by atoms with Crippen LogP contribution in [-0.4, -0.2) is 18.5 Å². The number of hydrogen-bond donors (Lipinski definition) is 1. The van der Waals surface area contributed by atoms with Crippen LogP contribution in [0, 0.1) is 0 Å². The smallest absolute Gasteiger partial charge is 0.338 e. The van der Waals surface area contributed by atoms with E-state index in [4.69, 9.17) is 16.3 Å². The number of aryl methyl sites for hydroxylation is 1. The Bertz CT molecular complexity index is 713. The molecule has 126 valence electrons. The van der Waals surface area contributed by atoms with Gasteiger partial charge in [-0.3, -0.25) is 4.79 Å². The average Bonchev–Trinajstić information content (AvgIpc) is 2.59. The van der Waals surface area contributed by atoms with Crippen LogP contribution in [0.25, 0.3) is 0 Å². The molecule has 0 bridgehead atoms. The van der Waals surface area contributed by atoms with Crippen LogP contribution >= 0.6 is 11.6 Å². The number of amides is 1. The van der Waals surface area contributed by atoms with Crippen molar-refractivity contribution >= 4 is 23.5 Å². The van der Waals surface area contributed by atoms with Crippen LogP contribution in [0.5, 0.6) is 0 Å². The molecule has 0 aromatic heterocycles. The number of carbonyl (C=O) groups is 2. The van der Waals surface area contributed by atoms with Gasteiger partial charge in [-0.2, -0.15) is 0 Å². The monoisotopic (exact) mass is 345 g/mol. The summed E-state index contributed by atoms with van der Waals surface area (Å²) in [6.45, 7) is 3.65. The summed E-state index contributed by atoms with van der Waals surface area (Å²) in [5, 5.41) is 3.25. The van der Waals surface area contributed by atoms with E-state index in [1.165, 1.54) is 11.6 Å². The van der Waals surface area contributed by atoms with Crippen molar-refractivity contribution in [1.82, 2.24) is 5.32 Å². The Kier molecular flexibility index (Phi) is 6.38. The number of ether oxygens (including phenoxy) is 1. The highest BCUT2D eigenvalue weighted by atomic mass is 35.5. The fraction of sp³-hybridized carbons (Fsp3) is 0.263. The molecule has 0 aliphatic rings. The first-order valence-corrected chi connectivity index (χ1v) is 8.18. The fourth-order valence-corrected chi connectivity index (χ4v) is 2.43. The summed E-state index contributed by atoms with van der Waals surface area (Å²) in [6, 6.07) is 14.3. The zero-order valence-corrected chi connectivity index (χ0v) is 14.5. The van der Waals surface area contributed by atoms with Crippen molar-refractivity contribution in [2.45, 2.75) is 26.3 Å². The molecule has 2 aromatic carbocycles. The topological polar surface area (TPSA) is 55.4 Å². The van der Waals surface area contributed by atoms with Crippen molar-refractivity contribution in [1.29, 1.82) is 0 Å². The Labute approximate surface area is 146 Å². The lowest BCUT2D eigenvalue weighted by atomic mass is 10.1. The van der Waals surface area contributed by atoms with Gasteiger partial charge in [-0.1, -0.05) is 48.9 Å². The standard InChI is InChI=1S/C19H20ClNO3/c1-3-14-7-9-15(10-8-14)13(2)21-18(22)12-24-19(23)16-5-4-6-17(20)11-16/h4-11,13H,3,12H2,1-2H3,(H,21,22)/t13-/m0/s1. The number of carbonyl (C=O) groups excluding carboxylic acids is 2. The quantitative estimate of drug-likeness (QED) is 0.807. The summed E-state index contributed by atoms with van der Waals surface area (Å²) in [4.78, 5) is 23.8. The van der Waals surface area contributed by atoms with Crippen LogP contribution in [0.3, 0.4) is 0 Å². The molecule has 0 heterocycles. The van der Waals surface area contributed by atoms with Gasteiger partial charge >= 0.3 is 5.97 Å². The predicted octanol–water partition coefficient (Wildman–Crippen LogP) is 3.94. The Balaban J connectivity index is 1.85. The number of hydrogen-bond acceptors (Lipinski definition) is 3. The van der Waals surface area contributed by atoms with E-state index >= 15 is 0 Å². The maximum absolute atomic E-state index is 11.9. The van der Waals surface area contributed by atoms with E-state index in [9.17, 15) is 9.59 Å². The SMILES string of the molecule is CCc1ccc([C@H](C)NC(=O)COC(=O)c2cccc(Cl)c2)cc1. The molecular formula is C19H20ClNO3. The number of nitrogens with one attached hydrogen (secondary N) is 1. The van der Waals surface area contributed by atoms with Crippen molar-refractivity contribution in [3.8, 4) is 0 Å². The first-order chi connectivity index (χ1) is 11.5. The van der Waals surface area contributed by atoms with E-state index in [0.29, 0.717) is 10.6 Å². The zero-order chi connectivity index (χ0) is 17.5. The maximum atomic E-state index is 11.9. The highest BCUT2D eigenvalue weighted by Crippen LogP contribution is 2.14. The fourth-order valence-electron chi connectivity index (χ4n) is 2.24. The summed E-state index contributed by atoms with van der Waals surface area (Å²) in [5.74, 6) is -0.926. The minimum atomic E-state index is -0.576. The molecule has 1 atom stereocenters. The minimum absolute atomic E-state index is 0.159. The summed E-state index contributed by atoms with van der Waals surface area (Å²) in [6.07, 6.45) is 0.973. The third kappa shape index (κ3) is 5.10. The van der Waals surface area contributed by atoms with E-state index in [2.05, 4.69) is 12.2 Å². The van der Waals surface area contributed by atoms with Gasteiger partial charge in [-0.25, -0.2) is 4.79 Å². The van der Waals surface area contributed by atoms with E-state index in [1.807, 2.05) is 31.2 Å². The molecule has 1 amide bonds. The van der Waals surface area contributed by atoms with Gasteiger partial charge in [-0.05, 0) is 42.7 Å². The third-order valence-corrected chi connectivity index (χ3v) is 3.90. The van der Waals surface area contributed by atoms with Gasteiger partial charge in [0.25, 0.3) is 5.91 Å². The molecular weight excluding hydrogens is 326 g/mol. The van der Waals surface area contributed by atoms with Gasteiger partial charge in [0.1, 0.15) is 0 Å². The average molecular weight is 346 g/mol. The van der Waals surface area contributed by atoms with Crippen molar-refractivity contribution in [2.75, 3.05) is 6.61 Å². The van der Waals surface area contributed by atoms with Crippen LogP contribution in [0.15, 0.2) is 48.5 Å². The van der Waals surface area contributed by atoms with Crippen molar-refractivity contribution < 1.29 is 14.3 Å². The summed E-state index contributed by atoms with van der Waals surface area (Å²) < 4.78 is 5.01. The third-order valence-electron chi connectivity index (χ3n) is 3.66. The van der Waals surface area contributed by atoms with Gasteiger partial charge < -0.3 is 10.1 Å². The molecule has 2 rings (SSSR count). The van der Waals surface area contributed by atoms with Gasteiger partial charge in [0.05, 0.1) is 11.6 Å². The number of esters is 1. The first kappa shape index (κ1) is 18.0. The lowest BCUT2D eigenvalue weighted by Gasteiger charge is -2.15. The van der Waals surface area contributed by atoms with E-state index in [-0.39, 0.29) is 18.6 Å². The van der Waals surface area contributed by atoms with Gasteiger partial charge in [-0.15, -0.1) is 0 Å². The van der Waals surface area contributed by atoms with Crippen LogP contribution in [0.4, 0.5) is 0 Å². The first-order valence-electron chi connectivity index (χ1n) is 7.80. The van der Waals surface area contributed by atoms with Crippen LogP contribution in [-0.2, 0) is 16.0 Å². The van der Waals surface area contributed by atoms with Gasteiger partial charge in [0.15, 0.2) is 6.61 Å². The van der Waals surface area contributed by atoms with Gasteiger partial charge in [0, 0.05) is 5.02 Å². The second-order valence-corrected chi connectivity index (χ2v) is 5.91. The predicted molar refractivity (Wildman–Crippen MR) is 94.1 cm³/mol. The molecule has 2 aromatic rings. The lowest BCUT2D eigenvalue weighted by Crippen LogP contribution is -2.31. The molecule has 0 unspecified atom stereocenters. The number of benzene rings is 2. The zero-order valence-electron chi connectivity index (χ0n) is 13.7. The largest absolute Gasteiger partial charge is 0.452 e. The Hall–Kier alpha value is -2.33. The van der Waals surface area contributed by atoms with Gasteiger partial charge in [0.2, 0.25) is 0 Å². The molecule has 0 spiro atoms. The van der Waals surface area contributed by atoms with Crippen molar-refractivity contribution in [3.63, 3.8) is 0 Å². The van der Waals surface area contributed by atoms with Crippen LogP contribution in [0.2, 0.25) is 5.02 Å². The molecule has 0 fully saturated rings. The van der Waals surface area contributed by atoms with Crippen molar-refractivity contribution in [3.05, 3.63) is 70.2 Å². The highest BCUT2D eigenvalue weighted by Gasteiger charge is 2.13. The lowest BCUT2D eigenvalue weighted by molar-refractivity contribution is -0.124. The second-order valence-electron chi connectivity index (χ2n) is 5.47. The highest BCUT2D eigenvalue weighted by molar-refractivity contribution is 6.30. The Morgan fingerprint density at radius 3 is 2.50 bits per heavy atom. The van der Waals surface area contributed by atoms with E-state index in [0.717, 1.165) is 12.0 Å². The molecule has 1 N–H and O–H groups in total. The van der Waals surface area contributed by atoms with Crippen LogP contribution in [0.1, 0.15) is 41.4 Å².